The summed E-state index contributed by atoms with van der Waals surface area (Å²) in [7, 11) is 0. The Morgan fingerprint density at radius 1 is 1.00 bits per heavy atom. The van der Waals surface area contributed by atoms with Crippen molar-refractivity contribution in [3.8, 4) is 0 Å². The molecule has 156 valence electrons. The molecule has 3 rings (SSSR count). The van der Waals surface area contributed by atoms with E-state index in [2.05, 4.69) is 63.6 Å². The first-order valence-electron chi connectivity index (χ1n) is 10.7. The van der Waals surface area contributed by atoms with Crippen molar-refractivity contribution < 1.29 is 0 Å². The smallest absolute Gasteiger partial charge is 0.191 e. The first-order chi connectivity index (χ1) is 13.4. The Bertz CT molecular complexity index is 706. The Balaban J connectivity index is 0.00000280. The summed E-state index contributed by atoms with van der Waals surface area (Å²) in [5, 5.41) is 8.15. The number of likely N-dealkylation sites (tertiary alicyclic amines) is 1. The fourth-order valence-electron chi connectivity index (χ4n) is 3.78. The summed E-state index contributed by atoms with van der Waals surface area (Å²) in [6.07, 6.45) is 8.47. The second-order valence-corrected chi connectivity index (χ2v) is 7.36. The summed E-state index contributed by atoms with van der Waals surface area (Å²) in [4.78, 5) is 7.33. The fraction of sp³-hybridized carbons (Fsp3) is 0.591. The van der Waals surface area contributed by atoms with Gasteiger partial charge in [0.05, 0.1) is 0 Å². The van der Waals surface area contributed by atoms with Crippen LogP contribution in [0.5, 0.6) is 0 Å². The van der Waals surface area contributed by atoms with Crippen LogP contribution < -0.4 is 10.6 Å². The highest BCUT2D eigenvalue weighted by Gasteiger charge is 2.10. The Morgan fingerprint density at radius 2 is 1.82 bits per heavy atom. The molecule has 1 saturated heterocycles. The van der Waals surface area contributed by atoms with Gasteiger partial charge in [0.25, 0.3) is 0 Å². The van der Waals surface area contributed by atoms with E-state index in [4.69, 9.17) is 4.99 Å². The first kappa shape index (κ1) is 23.0. The van der Waals surface area contributed by atoms with Gasteiger partial charge in [-0.15, -0.1) is 24.0 Å². The van der Waals surface area contributed by atoms with Crippen LogP contribution >= 0.6 is 24.0 Å². The predicted octanol–water partition coefficient (Wildman–Crippen LogP) is 4.08. The summed E-state index contributed by atoms with van der Waals surface area (Å²) in [5.41, 5.74) is 1.31. The predicted molar refractivity (Wildman–Crippen MR) is 131 cm³/mol. The molecule has 5 nitrogen and oxygen atoms in total. The van der Waals surface area contributed by atoms with Crippen LogP contribution in [-0.4, -0.2) is 54.7 Å². The number of aromatic nitrogens is 1. The van der Waals surface area contributed by atoms with Crippen LogP contribution in [0, 0.1) is 0 Å². The van der Waals surface area contributed by atoms with Crippen LogP contribution in [0.2, 0.25) is 0 Å². The Morgan fingerprint density at radius 3 is 2.64 bits per heavy atom. The second-order valence-electron chi connectivity index (χ2n) is 7.36. The highest BCUT2D eigenvalue weighted by Crippen LogP contribution is 2.15. The zero-order valence-electron chi connectivity index (χ0n) is 17.2. The van der Waals surface area contributed by atoms with Crippen molar-refractivity contribution in [1.82, 2.24) is 20.1 Å². The molecule has 0 spiro atoms. The minimum absolute atomic E-state index is 0. The van der Waals surface area contributed by atoms with E-state index in [1.54, 1.807) is 0 Å². The number of guanidine groups is 1. The Labute approximate surface area is 187 Å². The van der Waals surface area contributed by atoms with Crippen molar-refractivity contribution in [2.75, 3.05) is 39.3 Å². The summed E-state index contributed by atoms with van der Waals surface area (Å²) >= 11 is 0. The molecule has 1 aromatic heterocycles. The van der Waals surface area contributed by atoms with E-state index in [0.29, 0.717) is 0 Å². The molecule has 0 unspecified atom stereocenters. The highest BCUT2D eigenvalue weighted by molar-refractivity contribution is 14.0. The van der Waals surface area contributed by atoms with Crippen LogP contribution in [0.15, 0.2) is 41.5 Å². The number of para-hydroxylation sites is 1. The van der Waals surface area contributed by atoms with Crippen molar-refractivity contribution in [3.05, 3.63) is 36.5 Å². The number of aliphatic imine (C=N–C) groups is 1. The van der Waals surface area contributed by atoms with Gasteiger partial charge in [0.15, 0.2) is 5.96 Å². The molecular weight excluding hydrogens is 461 g/mol. The van der Waals surface area contributed by atoms with E-state index < -0.39 is 0 Å². The van der Waals surface area contributed by atoms with Gasteiger partial charge in [-0.05, 0) is 76.2 Å². The van der Waals surface area contributed by atoms with E-state index in [-0.39, 0.29) is 24.0 Å². The van der Waals surface area contributed by atoms with Gasteiger partial charge in [0.1, 0.15) is 0 Å². The summed E-state index contributed by atoms with van der Waals surface area (Å²) in [5.74, 6) is 0.955. The van der Waals surface area contributed by atoms with E-state index in [9.17, 15) is 0 Å². The standard InChI is InChI=1S/C22H35N5.HI/c1-2-23-22(24-13-5-6-15-26-16-7-8-17-26)25-14-9-18-27-19-12-20-10-3-4-11-21(20)27;/h3-4,10-12,19H,2,5-9,13-18H2,1H3,(H2,23,24,25);1H. The van der Waals surface area contributed by atoms with Gasteiger partial charge in [0, 0.05) is 37.9 Å². The monoisotopic (exact) mass is 497 g/mol. The minimum atomic E-state index is 0. The number of nitrogens with one attached hydrogen (secondary N) is 2. The van der Waals surface area contributed by atoms with Gasteiger partial charge in [-0.1, -0.05) is 18.2 Å². The summed E-state index contributed by atoms with van der Waals surface area (Å²) in [6.45, 7) is 9.73. The van der Waals surface area contributed by atoms with Gasteiger partial charge in [0.2, 0.25) is 0 Å². The SMILES string of the molecule is CCNC(=NCCCn1ccc2ccccc21)NCCCCN1CCCC1.I. The number of nitrogens with zero attached hydrogens (tertiary/aromatic N) is 3. The molecule has 2 heterocycles. The summed E-state index contributed by atoms with van der Waals surface area (Å²) < 4.78 is 2.32. The van der Waals surface area contributed by atoms with E-state index in [0.717, 1.165) is 38.6 Å². The molecular formula is C22H36IN5. The number of aryl methyl sites for hydroxylation is 1. The van der Waals surface area contributed by atoms with Gasteiger partial charge >= 0.3 is 0 Å². The molecule has 0 aliphatic carbocycles. The van der Waals surface area contributed by atoms with Crippen molar-refractivity contribution >= 4 is 40.8 Å². The Kier molecular flexibility index (Phi) is 10.7. The molecule has 0 bridgehead atoms. The molecule has 0 saturated carbocycles. The third-order valence-corrected chi connectivity index (χ3v) is 5.24. The van der Waals surface area contributed by atoms with Gasteiger partial charge in [-0.2, -0.15) is 0 Å². The van der Waals surface area contributed by atoms with E-state index >= 15 is 0 Å². The van der Waals surface area contributed by atoms with Crippen molar-refractivity contribution in [1.29, 1.82) is 0 Å². The molecule has 1 aliphatic rings. The molecule has 2 aromatic rings. The van der Waals surface area contributed by atoms with Crippen LogP contribution in [0.1, 0.15) is 39.0 Å². The van der Waals surface area contributed by atoms with Crippen LogP contribution in [0.3, 0.4) is 0 Å². The summed E-state index contributed by atoms with van der Waals surface area (Å²) in [6, 6.07) is 10.7. The van der Waals surface area contributed by atoms with Gasteiger partial charge < -0.3 is 20.1 Å². The van der Waals surface area contributed by atoms with Crippen LogP contribution in [-0.2, 0) is 6.54 Å². The molecule has 1 aromatic carbocycles. The maximum absolute atomic E-state index is 4.74. The quantitative estimate of drug-likeness (QED) is 0.225. The lowest BCUT2D eigenvalue weighted by molar-refractivity contribution is 0.330. The second kappa shape index (κ2) is 13.0. The molecule has 2 N–H and O–H groups in total. The van der Waals surface area contributed by atoms with Gasteiger partial charge in [-0.25, -0.2) is 0 Å². The van der Waals surface area contributed by atoms with E-state index in [1.165, 1.54) is 56.2 Å². The van der Waals surface area contributed by atoms with Crippen LogP contribution in [0.25, 0.3) is 10.9 Å². The maximum atomic E-state index is 4.74. The molecule has 0 atom stereocenters. The highest BCUT2D eigenvalue weighted by atomic mass is 127. The molecule has 0 radical (unpaired) electrons. The third-order valence-electron chi connectivity index (χ3n) is 5.24. The zero-order chi connectivity index (χ0) is 18.7. The lowest BCUT2D eigenvalue weighted by Crippen LogP contribution is -2.38. The average Bonchev–Trinajstić information content (AvgIpc) is 3.35. The molecule has 1 aliphatic heterocycles. The lowest BCUT2D eigenvalue weighted by atomic mass is 10.2. The average molecular weight is 497 g/mol. The normalized spacial score (nSPS) is 15.0. The Hall–Kier alpha value is -1.28. The molecule has 28 heavy (non-hydrogen) atoms. The minimum Gasteiger partial charge on any atom is -0.357 e. The number of halogens is 1. The number of hydrogen-bond donors (Lipinski definition) is 2. The number of unbranched alkanes of at least 4 members (excludes halogenated alkanes) is 1. The number of benzene rings is 1. The number of fused-ring (bicyclic) bond motifs is 1. The fourth-order valence-corrected chi connectivity index (χ4v) is 3.78. The van der Waals surface area contributed by atoms with Crippen LogP contribution in [0.4, 0.5) is 0 Å². The lowest BCUT2D eigenvalue weighted by Gasteiger charge is -2.15. The van der Waals surface area contributed by atoms with E-state index in [1.807, 2.05) is 0 Å². The molecule has 1 fully saturated rings. The maximum Gasteiger partial charge on any atom is 0.191 e. The van der Waals surface area contributed by atoms with Crippen molar-refractivity contribution in [3.63, 3.8) is 0 Å². The molecule has 0 amide bonds. The largest absolute Gasteiger partial charge is 0.357 e. The molecule has 6 heteroatoms. The topological polar surface area (TPSA) is 44.6 Å². The number of hydrogen-bond acceptors (Lipinski definition) is 2. The van der Waals surface area contributed by atoms with Crippen molar-refractivity contribution in [2.45, 2.75) is 45.6 Å². The zero-order valence-corrected chi connectivity index (χ0v) is 19.5. The first-order valence-corrected chi connectivity index (χ1v) is 10.7. The third kappa shape index (κ3) is 7.28. The van der Waals surface area contributed by atoms with Gasteiger partial charge in [-0.3, -0.25) is 4.99 Å². The number of rotatable bonds is 10. The van der Waals surface area contributed by atoms with Crippen molar-refractivity contribution in [2.24, 2.45) is 4.99 Å².